The van der Waals surface area contributed by atoms with Crippen LogP contribution in [0.3, 0.4) is 0 Å². The molecular weight excluding hydrogens is 162 g/mol. The van der Waals surface area contributed by atoms with Crippen LogP contribution >= 0.6 is 0 Å². The fraction of sp³-hybridized carbons (Fsp3) is 0.400. The molecule has 2 heterocycles. The Bertz CT molecular complexity index is 320. The highest BCUT2D eigenvalue weighted by Crippen LogP contribution is 2.11. The number of allylic oxidation sites excluding steroid dienone is 1. The van der Waals surface area contributed by atoms with Gasteiger partial charge in [-0.3, -0.25) is 0 Å². The van der Waals surface area contributed by atoms with Crippen LogP contribution in [-0.4, -0.2) is 15.6 Å². The Morgan fingerprint density at radius 3 is 2.77 bits per heavy atom. The first-order chi connectivity index (χ1) is 5.86. The van der Waals surface area contributed by atoms with E-state index in [4.69, 9.17) is 0 Å². The van der Waals surface area contributed by atoms with Crippen LogP contribution in [0.1, 0.15) is 27.2 Å². The van der Waals surface area contributed by atoms with Gasteiger partial charge in [-0.1, -0.05) is 13.0 Å². The van der Waals surface area contributed by atoms with Crippen LogP contribution in [-0.2, 0) is 0 Å². The smallest absolute Gasteiger partial charge is 0.130 e. The highest BCUT2D eigenvalue weighted by atomic mass is 15.3. The van der Waals surface area contributed by atoms with E-state index in [1.807, 2.05) is 23.1 Å². The van der Waals surface area contributed by atoms with E-state index in [1.165, 1.54) is 5.57 Å². The first-order valence-corrected chi connectivity index (χ1v) is 4.08. The Hall–Kier alpha value is -1.38. The molecule has 1 aromatic heterocycles. The second kappa shape index (κ2) is 4.03. The van der Waals surface area contributed by atoms with E-state index < -0.39 is 0 Å². The number of nitrogens with zero attached hydrogens (tertiary/aromatic N) is 3. The van der Waals surface area contributed by atoms with E-state index in [0.29, 0.717) is 0 Å². The molecular formula is C10H15N3. The average molecular weight is 177 g/mol. The molecule has 0 N–H and O–H groups in total. The summed E-state index contributed by atoms with van der Waals surface area (Å²) in [6, 6.07) is 1.91. The third kappa shape index (κ3) is 2.05. The molecule has 0 fully saturated rings. The molecule has 2 rings (SSSR count). The lowest BCUT2D eigenvalue weighted by Gasteiger charge is -2.09. The molecule has 0 radical (unpaired) electrons. The van der Waals surface area contributed by atoms with Gasteiger partial charge in [0.1, 0.15) is 5.84 Å². The summed E-state index contributed by atoms with van der Waals surface area (Å²) in [6.07, 6.45) is 7.70. The summed E-state index contributed by atoms with van der Waals surface area (Å²) in [5.74, 6) is 1.03. The normalized spacial score (nSPS) is 15.8. The molecule has 0 unspecified atom stereocenters. The Kier molecular flexibility index (Phi) is 3.01. The molecule has 1 aliphatic heterocycles. The van der Waals surface area contributed by atoms with Crippen LogP contribution in [0.5, 0.6) is 0 Å². The van der Waals surface area contributed by atoms with E-state index in [-0.39, 0.29) is 7.43 Å². The fourth-order valence-electron chi connectivity index (χ4n) is 1.22. The zero-order valence-electron chi connectivity index (χ0n) is 7.07. The number of aliphatic imine (C=N–C) groups is 1. The lowest BCUT2D eigenvalue weighted by atomic mass is 10.1. The summed E-state index contributed by atoms with van der Waals surface area (Å²) in [5.41, 5.74) is 1.34. The Morgan fingerprint density at radius 1 is 1.38 bits per heavy atom. The van der Waals surface area contributed by atoms with Crippen molar-refractivity contribution in [2.24, 2.45) is 4.99 Å². The van der Waals surface area contributed by atoms with Crippen LogP contribution in [0.2, 0.25) is 0 Å². The van der Waals surface area contributed by atoms with Crippen molar-refractivity contribution in [3.05, 3.63) is 30.2 Å². The zero-order chi connectivity index (χ0) is 8.39. The zero-order valence-corrected chi connectivity index (χ0v) is 7.07. The monoisotopic (exact) mass is 177 g/mol. The topological polar surface area (TPSA) is 30.2 Å². The summed E-state index contributed by atoms with van der Waals surface area (Å²) < 4.78 is 1.82. The van der Waals surface area contributed by atoms with E-state index in [0.717, 1.165) is 18.7 Å². The summed E-state index contributed by atoms with van der Waals surface area (Å²) in [4.78, 5) is 4.31. The predicted molar refractivity (Wildman–Crippen MR) is 54.8 cm³/mol. The van der Waals surface area contributed by atoms with Crippen molar-refractivity contribution < 1.29 is 0 Å². The molecule has 0 aliphatic carbocycles. The third-order valence-corrected chi connectivity index (χ3v) is 1.95. The van der Waals surface area contributed by atoms with Crippen LogP contribution in [0.4, 0.5) is 0 Å². The lowest BCUT2D eigenvalue weighted by Crippen LogP contribution is -2.14. The molecule has 0 saturated heterocycles. The molecule has 0 amide bonds. The van der Waals surface area contributed by atoms with Crippen molar-refractivity contribution in [1.82, 2.24) is 9.78 Å². The molecule has 0 atom stereocenters. The molecule has 3 heteroatoms. The van der Waals surface area contributed by atoms with Crippen molar-refractivity contribution in [3.8, 4) is 0 Å². The van der Waals surface area contributed by atoms with Gasteiger partial charge in [-0.15, -0.1) is 0 Å². The highest BCUT2D eigenvalue weighted by Gasteiger charge is 2.06. The summed E-state index contributed by atoms with van der Waals surface area (Å²) in [7, 11) is 0. The summed E-state index contributed by atoms with van der Waals surface area (Å²) in [6.45, 7) is 2.10. The van der Waals surface area contributed by atoms with Crippen LogP contribution in [0.15, 0.2) is 35.2 Å². The molecule has 13 heavy (non-hydrogen) atoms. The van der Waals surface area contributed by atoms with Crippen molar-refractivity contribution >= 4 is 5.84 Å². The van der Waals surface area contributed by atoms with Gasteiger partial charge in [0.25, 0.3) is 0 Å². The minimum absolute atomic E-state index is 0. The van der Waals surface area contributed by atoms with E-state index >= 15 is 0 Å². The van der Waals surface area contributed by atoms with Gasteiger partial charge in [0.15, 0.2) is 0 Å². The number of aromatic nitrogens is 2. The van der Waals surface area contributed by atoms with Crippen molar-refractivity contribution in [1.29, 1.82) is 0 Å². The second-order valence-corrected chi connectivity index (χ2v) is 2.97. The van der Waals surface area contributed by atoms with Crippen molar-refractivity contribution in [2.45, 2.75) is 27.2 Å². The van der Waals surface area contributed by atoms with E-state index in [2.05, 4.69) is 17.0 Å². The predicted octanol–water partition coefficient (Wildman–Crippen LogP) is 2.46. The summed E-state index contributed by atoms with van der Waals surface area (Å²) >= 11 is 0. The maximum Gasteiger partial charge on any atom is 0.130 e. The molecule has 70 valence electrons. The number of hydrogen-bond acceptors (Lipinski definition) is 2. The standard InChI is InChI=1S/C9H11N3.CH4/c1-8-3-4-9(10-7-8)12-6-2-5-11-12;/h2,5-7H,3-4H2,1H3;1H4. The van der Waals surface area contributed by atoms with Crippen molar-refractivity contribution in [3.63, 3.8) is 0 Å². The number of rotatable bonds is 0. The quantitative estimate of drug-likeness (QED) is 0.598. The van der Waals surface area contributed by atoms with Gasteiger partial charge in [-0.05, 0) is 19.4 Å². The maximum atomic E-state index is 4.31. The first-order valence-electron chi connectivity index (χ1n) is 4.08. The SMILES string of the molecule is C.CC1=CN=C(n2cccn2)CC1. The second-order valence-electron chi connectivity index (χ2n) is 2.97. The molecule has 1 aliphatic rings. The highest BCUT2D eigenvalue weighted by molar-refractivity contribution is 5.85. The Labute approximate surface area is 78.8 Å². The molecule has 0 bridgehead atoms. The van der Waals surface area contributed by atoms with Gasteiger partial charge in [-0.25, -0.2) is 9.67 Å². The van der Waals surface area contributed by atoms with E-state index in [9.17, 15) is 0 Å². The number of hydrogen-bond donors (Lipinski definition) is 0. The Morgan fingerprint density at radius 2 is 2.23 bits per heavy atom. The van der Waals surface area contributed by atoms with Gasteiger partial charge in [-0.2, -0.15) is 5.10 Å². The molecule has 0 aromatic carbocycles. The minimum Gasteiger partial charge on any atom is -0.241 e. The molecule has 3 nitrogen and oxygen atoms in total. The molecule has 0 saturated carbocycles. The Balaban J connectivity index is 0.000000845. The molecule has 0 spiro atoms. The van der Waals surface area contributed by atoms with Crippen LogP contribution in [0, 0.1) is 0 Å². The van der Waals surface area contributed by atoms with Crippen LogP contribution < -0.4 is 0 Å². The van der Waals surface area contributed by atoms with Gasteiger partial charge in [0, 0.05) is 25.0 Å². The lowest BCUT2D eigenvalue weighted by molar-refractivity contribution is 0.853. The van der Waals surface area contributed by atoms with Gasteiger partial charge >= 0.3 is 0 Å². The minimum atomic E-state index is 0. The first kappa shape index (κ1) is 9.71. The average Bonchev–Trinajstić information content (AvgIpc) is 2.58. The van der Waals surface area contributed by atoms with Crippen LogP contribution in [0.25, 0.3) is 0 Å². The largest absolute Gasteiger partial charge is 0.241 e. The maximum absolute atomic E-state index is 4.31. The van der Waals surface area contributed by atoms with E-state index in [1.54, 1.807) is 6.20 Å². The van der Waals surface area contributed by atoms with Crippen molar-refractivity contribution in [2.75, 3.05) is 0 Å². The molecule has 1 aromatic rings. The summed E-state index contributed by atoms with van der Waals surface area (Å²) in [5, 5.41) is 4.12. The van der Waals surface area contributed by atoms with Gasteiger partial charge < -0.3 is 0 Å². The van der Waals surface area contributed by atoms with Gasteiger partial charge in [0.2, 0.25) is 0 Å². The third-order valence-electron chi connectivity index (χ3n) is 1.95. The fourth-order valence-corrected chi connectivity index (χ4v) is 1.22. The van der Waals surface area contributed by atoms with Gasteiger partial charge in [0.05, 0.1) is 0 Å².